The number of nitrogens with zero attached hydrogens (tertiary/aromatic N) is 1. The third-order valence-corrected chi connectivity index (χ3v) is 2.36. The number of hydrogen-bond donors (Lipinski definition) is 2. The van der Waals surface area contributed by atoms with Crippen LogP contribution in [0.3, 0.4) is 0 Å². The van der Waals surface area contributed by atoms with Crippen LogP contribution in [0.2, 0.25) is 0 Å². The first-order valence-electron chi connectivity index (χ1n) is 5.14. The summed E-state index contributed by atoms with van der Waals surface area (Å²) in [5.74, 6) is 0. The molecule has 0 saturated carbocycles. The Bertz CT molecular complexity index is 125. The summed E-state index contributed by atoms with van der Waals surface area (Å²) in [4.78, 5) is 2.18. The molecule has 13 heavy (non-hydrogen) atoms. The summed E-state index contributed by atoms with van der Waals surface area (Å²) >= 11 is 0. The van der Waals surface area contributed by atoms with Gasteiger partial charge in [-0.25, -0.2) is 0 Å². The van der Waals surface area contributed by atoms with Crippen molar-refractivity contribution in [1.29, 1.82) is 0 Å². The molecule has 80 valence electrons. The zero-order chi connectivity index (χ0) is 10.3. The summed E-state index contributed by atoms with van der Waals surface area (Å²) in [6.07, 6.45) is 2.33. The van der Waals surface area contributed by atoms with Crippen molar-refractivity contribution in [3.05, 3.63) is 0 Å². The van der Waals surface area contributed by atoms with E-state index in [-0.39, 0.29) is 5.54 Å². The van der Waals surface area contributed by atoms with Gasteiger partial charge in [0.05, 0.1) is 0 Å². The maximum absolute atomic E-state index is 5.73. The van der Waals surface area contributed by atoms with Crippen LogP contribution in [0, 0.1) is 0 Å². The third-order valence-electron chi connectivity index (χ3n) is 2.36. The number of hydrogen-bond acceptors (Lipinski definition) is 3. The molecule has 0 fully saturated rings. The summed E-state index contributed by atoms with van der Waals surface area (Å²) in [5, 5.41) is 3.51. The van der Waals surface area contributed by atoms with E-state index in [0.29, 0.717) is 6.54 Å². The molecule has 0 aliphatic rings. The van der Waals surface area contributed by atoms with Gasteiger partial charge in [0, 0.05) is 25.2 Å². The van der Waals surface area contributed by atoms with Crippen LogP contribution < -0.4 is 11.1 Å². The van der Waals surface area contributed by atoms with Gasteiger partial charge < -0.3 is 16.0 Å². The molecule has 0 bridgehead atoms. The van der Waals surface area contributed by atoms with Crippen molar-refractivity contribution in [1.82, 2.24) is 10.2 Å². The van der Waals surface area contributed by atoms with Gasteiger partial charge in [-0.3, -0.25) is 0 Å². The topological polar surface area (TPSA) is 41.3 Å². The zero-order valence-corrected chi connectivity index (χ0v) is 9.56. The first kappa shape index (κ1) is 12.9. The Morgan fingerprint density at radius 3 is 2.38 bits per heavy atom. The SMILES string of the molecule is CCCC(C)(CN)NCCN(C)C. The standard InChI is InChI=1S/C10H25N3/c1-5-6-10(2,9-11)12-7-8-13(3)4/h12H,5-9,11H2,1-4H3. The minimum absolute atomic E-state index is 0.130. The summed E-state index contributed by atoms with van der Waals surface area (Å²) in [5.41, 5.74) is 5.86. The Kier molecular flexibility index (Phi) is 6.29. The highest BCUT2D eigenvalue weighted by atomic mass is 15.1. The normalized spacial score (nSPS) is 16.2. The van der Waals surface area contributed by atoms with Crippen LogP contribution in [0.15, 0.2) is 0 Å². The highest BCUT2D eigenvalue weighted by Crippen LogP contribution is 2.09. The Labute approximate surface area is 82.7 Å². The average Bonchev–Trinajstić information content (AvgIpc) is 2.04. The van der Waals surface area contributed by atoms with Crippen molar-refractivity contribution in [3.63, 3.8) is 0 Å². The molecule has 0 aromatic carbocycles. The van der Waals surface area contributed by atoms with Gasteiger partial charge in [0.2, 0.25) is 0 Å². The van der Waals surface area contributed by atoms with E-state index < -0.39 is 0 Å². The van der Waals surface area contributed by atoms with Gasteiger partial charge in [-0.2, -0.15) is 0 Å². The van der Waals surface area contributed by atoms with Gasteiger partial charge in [-0.05, 0) is 27.4 Å². The molecule has 0 amide bonds. The lowest BCUT2D eigenvalue weighted by Gasteiger charge is -2.29. The van der Waals surface area contributed by atoms with E-state index in [1.165, 1.54) is 6.42 Å². The van der Waals surface area contributed by atoms with Gasteiger partial charge >= 0.3 is 0 Å². The monoisotopic (exact) mass is 187 g/mol. The summed E-state index contributed by atoms with van der Waals surface area (Å²) in [6.45, 7) is 7.20. The van der Waals surface area contributed by atoms with Gasteiger partial charge in [-0.1, -0.05) is 13.3 Å². The van der Waals surface area contributed by atoms with Crippen molar-refractivity contribution >= 4 is 0 Å². The smallest absolute Gasteiger partial charge is 0.0276 e. The molecule has 0 aliphatic heterocycles. The minimum Gasteiger partial charge on any atom is -0.329 e. The fourth-order valence-corrected chi connectivity index (χ4v) is 1.40. The van der Waals surface area contributed by atoms with E-state index in [4.69, 9.17) is 5.73 Å². The van der Waals surface area contributed by atoms with Crippen molar-refractivity contribution < 1.29 is 0 Å². The van der Waals surface area contributed by atoms with E-state index in [0.717, 1.165) is 19.5 Å². The van der Waals surface area contributed by atoms with Crippen molar-refractivity contribution in [3.8, 4) is 0 Å². The molecule has 0 heterocycles. The Morgan fingerprint density at radius 2 is 2.00 bits per heavy atom. The molecule has 0 aromatic heterocycles. The predicted molar refractivity (Wildman–Crippen MR) is 58.9 cm³/mol. The first-order valence-corrected chi connectivity index (χ1v) is 5.14. The van der Waals surface area contributed by atoms with Crippen LogP contribution in [0.4, 0.5) is 0 Å². The molecule has 0 rings (SSSR count). The average molecular weight is 187 g/mol. The van der Waals surface area contributed by atoms with Crippen LogP contribution in [0.1, 0.15) is 26.7 Å². The number of nitrogens with two attached hydrogens (primary N) is 1. The predicted octanol–water partition coefficient (Wildman–Crippen LogP) is 0.655. The molecule has 3 nitrogen and oxygen atoms in total. The second kappa shape index (κ2) is 6.35. The van der Waals surface area contributed by atoms with Crippen LogP contribution >= 0.6 is 0 Å². The summed E-state index contributed by atoms with van der Waals surface area (Å²) in [7, 11) is 4.17. The van der Waals surface area contributed by atoms with Gasteiger partial charge in [0.1, 0.15) is 0 Å². The van der Waals surface area contributed by atoms with Gasteiger partial charge in [-0.15, -0.1) is 0 Å². The van der Waals surface area contributed by atoms with Crippen LogP contribution in [-0.4, -0.2) is 44.2 Å². The van der Waals surface area contributed by atoms with E-state index in [1.807, 2.05) is 0 Å². The van der Waals surface area contributed by atoms with E-state index in [9.17, 15) is 0 Å². The molecule has 1 atom stereocenters. The maximum Gasteiger partial charge on any atom is 0.0276 e. The fourth-order valence-electron chi connectivity index (χ4n) is 1.40. The second-order valence-corrected chi connectivity index (χ2v) is 4.24. The molecule has 1 unspecified atom stereocenters. The second-order valence-electron chi connectivity index (χ2n) is 4.24. The highest BCUT2D eigenvalue weighted by Gasteiger charge is 2.19. The van der Waals surface area contributed by atoms with Gasteiger partial charge in [0.15, 0.2) is 0 Å². The fraction of sp³-hybridized carbons (Fsp3) is 1.00. The molecule has 0 aromatic rings. The Hall–Kier alpha value is -0.120. The zero-order valence-electron chi connectivity index (χ0n) is 9.56. The quantitative estimate of drug-likeness (QED) is 0.615. The first-order chi connectivity index (χ1) is 6.04. The van der Waals surface area contributed by atoms with Crippen molar-refractivity contribution in [2.75, 3.05) is 33.7 Å². The lowest BCUT2D eigenvalue weighted by atomic mass is 9.96. The number of nitrogens with one attached hydrogen (secondary N) is 1. The molecule has 3 heteroatoms. The molecular formula is C10H25N3. The largest absolute Gasteiger partial charge is 0.329 e. The van der Waals surface area contributed by atoms with E-state index in [2.05, 4.69) is 38.2 Å². The number of likely N-dealkylation sites (N-methyl/N-ethyl adjacent to an activating group) is 1. The summed E-state index contributed by atoms with van der Waals surface area (Å²) in [6, 6.07) is 0. The molecule has 0 saturated heterocycles. The molecule has 0 aliphatic carbocycles. The third kappa shape index (κ3) is 6.02. The minimum atomic E-state index is 0.130. The van der Waals surface area contributed by atoms with E-state index in [1.54, 1.807) is 0 Å². The van der Waals surface area contributed by atoms with Crippen LogP contribution in [-0.2, 0) is 0 Å². The lowest BCUT2D eigenvalue weighted by molar-refractivity contribution is 0.308. The van der Waals surface area contributed by atoms with Crippen molar-refractivity contribution in [2.45, 2.75) is 32.2 Å². The van der Waals surface area contributed by atoms with E-state index >= 15 is 0 Å². The van der Waals surface area contributed by atoms with Gasteiger partial charge in [0.25, 0.3) is 0 Å². The molecule has 3 N–H and O–H groups in total. The molecule has 0 radical (unpaired) electrons. The van der Waals surface area contributed by atoms with Crippen LogP contribution in [0.5, 0.6) is 0 Å². The summed E-state index contributed by atoms with van der Waals surface area (Å²) < 4.78 is 0. The number of rotatable bonds is 7. The molecule has 0 spiro atoms. The van der Waals surface area contributed by atoms with Crippen molar-refractivity contribution in [2.24, 2.45) is 5.73 Å². The maximum atomic E-state index is 5.73. The Balaban J connectivity index is 3.69. The van der Waals surface area contributed by atoms with Crippen LogP contribution in [0.25, 0.3) is 0 Å². The molecular weight excluding hydrogens is 162 g/mol. The lowest BCUT2D eigenvalue weighted by Crippen LogP contribution is -2.50. The highest BCUT2D eigenvalue weighted by molar-refractivity contribution is 4.83. The Morgan fingerprint density at radius 1 is 1.38 bits per heavy atom.